The summed E-state index contributed by atoms with van der Waals surface area (Å²) in [5.74, 6) is -0.438. The molecule has 2 N–H and O–H groups in total. The van der Waals surface area contributed by atoms with E-state index >= 15 is 4.39 Å². The maximum absolute atomic E-state index is 16.5. The molecule has 0 amide bonds. The smallest absolute Gasteiger partial charge is 0.138 e. The van der Waals surface area contributed by atoms with E-state index in [1.807, 2.05) is 44.3 Å². The first-order valence-corrected chi connectivity index (χ1v) is 10.8. The van der Waals surface area contributed by atoms with E-state index in [1.54, 1.807) is 53.8 Å². The van der Waals surface area contributed by atoms with Crippen molar-refractivity contribution in [2.75, 3.05) is 0 Å². The topological polar surface area (TPSA) is 69.6 Å². The zero-order valence-electron chi connectivity index (χ0n) is 18.1. The molecule has 33 heavy (non-hydrogen) atoms. The third kappa shape index (κ3) is 3.30. The van der Waals surface area contributed by atoms with Crippen molar-refractivity contribution in [3.8, 4) is 11.1 Å². The molecule has 0 bridgehead atoms. The van der Waals surface area contributed by atoms with E-state index in [9.17, 15) is 0 Å². The molecule has 1 atom stereocenters. The van der Waals surface area contributed by atoms with Gasteiger partial charge < -0.3 is 10.3 Å². The lowest BCUT2D eigenvalue weighted by atomic mass is 9.80. The molecule has 3 aromatic heterocycles. The Morgan fingerprint density at radius 1 is 1.00 bits per heavy atom. The van der Waals surface area contributed by atoms with Gasteiger partial charge in [0.2, 0.25) is 0 Å². The third-order valence-corrected chi connectivity index (χ3v) is 6.41. The Morgan fingerprint density at radius 3 is 2.39 bits per heavy atom. The van der Waals surface area contributed by atoms with E-state index in [0.717, 1.165) is 5.56 Å². The quantitative estimate of drug-likeness (QED) is 0.368. The molecule has 5 aromatic rings. The molecule has 0 saturated carbocycles. The van der Waals surface area contributed by atoms with Crippen LogP contribution in [0.4, 0.5) is 4.39 Å². The summed E-state index contributed by atoms with van der Waals surface area (Å²) >= 11 is 6.55. The van der Waals surface area contributed by atoms with Crippen molar-refractivity contribution in [2.24, 2.45) is 12.8 Å². The highest BCUT2D eigenvalue weighted by atomic mass is 35.5. The Hall–Kier alpha value is -3.61. The molecule has 3 heterocycles. The number of halogens is 2. The van der Waals surface area contributed by atoms with Gasteiger partial charge in [0.05, 0.1) is 23.7 Å². The molecular formula is C26H21ClFN5. The predicted molar refractivity (Wildman–Crippen MR) is 128 cm³/mol. The van der Waals surface area contributed by atoms with E-state index in [2.05, 4.69) is 15.0 Å². The SMILES string of the molecule is Cc1c(-c2ccccc2)c(Cl)nc2ccc(C(N)(c3ccncc3)c3cncn3C)c(F)c12. The Bertz CT molecular complexity index is 1470. The lowest BCUT2D eigenvalue weighted by Gasteiger charge is -2.32. The molecule has 0 fully saturated rings. The first-order chi connectivity index (χ1) is 15.9. The first-order valence-electron chi connectivity index (χ1n) is 10.4. The predicted octanol–water partition coefficient (Wildman–Crippen LogP) is 5.38. The zero-order valence-corrected chi connectivity index (χ0v) is 18.9. The fourth-order valence-electron chi connectivity index (χ4n) is 4.50. The van der Waals surface area contributed by atoms with Crippen LogP contribution >= 0.6 is 11.6 Å². The number of pyridine rings is 2. The van der Waals surface area contributed by atoms with Crippen LogP contribution in [0.1, 0.15) is 22.4 Å². The highest BCUT2D eigenvalue weighted by molar-refractivity contribution is 6.33. The van der Waals surface area contributed by atoms with Crippen LogP contribution in [0.2, 0.25) is 5.15 Å². The molecule has 0 aliphatic carbocycles. The summed E-state index contributed by atoms with van der Waals surface area (Å²) < 4.78 is 18.3. The number of hydrogen-bond acceptors (Lipinski definition) is 4. The third-order valence-electron chi connectivity index (χ3n) is 6.14. The van der Waals surface area contributed by atoms with Gasteiger partial charge in [0, 0.05) is 36.0 Å². The van der Waals surface area contributed by atoms with Crippen LogP contribution in [-0.2, 0) is 12.6 Å². The average Bonchev–Trinajstić information content (AvgIpc) is 3.26. The van der Waals surface area contributed by atoms with E-state index in [1.165, 1.54) is 0 Å². The highest BCUT2D eigenvalue weighted by Crippen LogP contribution is 2.40. The monoisotopic (exact) mass is 457 g/mol. The number of hydrogen-bond donors (Lipinski definition) is 1. The van der Waals surface area contributed by atoms with Gasteiger partial charge in [0.25, 0.3) is 0 Å². The minimum absolute atomic E-state index is 0.316. The maximum atomic E-state index is 16.5. The highest BCUT2D eigenvalue weighted by Gasteiger charge is 2.38. The van der Waals surface area contributed by atoms with Crippen LogP contribution in [0.3, 0.4) is 0 Å². The minimum atomic E-state index is -1.30. The molecule has 0 aliphatic rings. The first kappa shape index (κ1) is 21.2. The van der Waals surface area contributed by atoms with Gasteiger partial charge in [-0.1, -0.05) is 48.0 Å². The lowest BCUT2D eigenvalue weighted by molar-refractivity contribution is 0.538. The molecule has 1 unspecified atom stereocenters. The summed E-state index contributed by atoms with van der Waals surface area (Å²) in [6, 6.07) is 16.6. The van der Waals surface area contributed by atoms with Gasteiger partial charge in [0.15, 0.2) is 0 Å². The second-order valence-corrected chi connectivity index (χ2v) is 8.38. The van der Waals surface area contributed by atoms with Gasteiger partial charge in [-0.3, -0.25) is 4.98 Å². The normalized spacial score (nSPS) is 13.2. The summed E-state index contributed by atoms with van der Waals surface area (Å²) in [6.45, 7) is 1.86. The molecule has 0 saturated heterocycles. The van der Waals surface area contributed by atoms with Gasteiger partial charge in [-0.2, -0.15) is 0 Å². The van der Waals surface area contributed by atoms with Gasteiger partial charge >= 0.3 is 0 Å². The van der Waals surface area contributed by atoms with Crippen molar-refractivity contribution in [3.63, 3.8) is 0 Å². The van der Waals surface area contributed by atoms with Gasteiger partial charge in [-0.05, 0) is 41.8 Å². The average molecular weight is 458 g/mol. The number of aromatic nitrogens is 4. The van der Waals surface area contributed by atoms with Crippen molar-refractivity contribution < 1.29 is 4.39 Å². The van der Waals surface area contributed by atoms with Gasteiger partial charge in [-0.15, -0.1) is 0 Å². The number of rotatable bonds is 4. The summed E-state index contributed by atoms with van der Waals surface area (Å²) in [5.41, 5.74) is 10.2. The zero-order chi connectivity index (χ0) is 23.2. The van der Waals surface area contributed by atoms with E-state index in [-0.39, 0.29) is 0 Å². The van der Waals surface area contributed by atoms with Crippen molar-refractivity contribution in [3.05, 3.63) is 113 Å². The van der Waals surface area contributed by atoms with Gasteiger partial charge in [0.1, 0.15) is 16.5 Å². The number of benzene rings is 2. The molecular weight excluding hydrogens is 437 g/mol. The number of nitrogens with zero attached hydrogens (tertiary/aromatic N) is 4. The molecule has 7 heteroatoms. The van der Waals surface area contributed by atoms with Crippen LogP contribution in [0, 0.1) is 12.7 Å². The molecule has 5 nitrogen and oxygen atoms in total. The maximum Gasteiger partial charge on any atom is 0.138 e. The number of nitrogens with two attached hydrogens (primary N) is 1. The van der Waals surface area contributed by atoms with E-state index in [4.69, 9.17) is 17.3 Å². The van der Waals surface area contributed by atoms with Gasteiger partial charge in [-0.25, -0.2) is 14.4 Å². The van der Waals surface area contributed by atoms with Crippen molar-refractivity contribution in [1.29, 1.82) is 0 Å². The summed E-state index contributed by atoms with van der Waals surface area (Å²) in [6.07, 6.45) is 6.60. The Labute approximate surface area is 195 Å². The lowest BCUT2D eigenvalue weighted by Crippen LogP contribution is -2.41. The largest absolute Gasteiger partial charge is 0.336 e. The van der Waals surface area contributed by atoms with E-state index in [0.29, 0.717) is 44.0 Å². The Balaban J connectivity index is 1.84. The van der Waals surface area contributed by atoms with E-state index < -0.39 is 11.4 Å². The summed E-state index contributed by atoms with van der Waals surface area (Å²) in [7, 11) is 1.84. The second kappa shape index (κ2) is 8.06. The Morgan fingerprint density at radius 2 is 1.73 bits per heavy atom. The van der Waals surface area contributed by atoms with Crippen molar-refractivity contribution >= 4 is 22.5 Å². The minimum Gasteiger partial charge on any atom is -0.336 e. The van der Waals surface area contributed by atoms with Crippen LogP contribution in [0.15, 0.2) is 79.5 Å². The fraction of sp³-hybridized carbons (Fsp3) is 0.115. The molecule has 164 valence electrons. The molecule has 5 rings (SSSR count). The Kier molecular flexibility index (Phi) is 5.19. The van der Waals surface area contributed by atoms with Crippen LogP contribution in [0.5, 0.6) is 0 Å². The molecule has 0 radical (unpaired) electrons. The summed E-state index contributed by atoms with van der Waals surface area (Å²) in [4.78, 5) is 12.8. The van der Waals surface area contributed by atoms with Crippen LogP contribution in [0.25, 0.3) is 22.0 Å². The standard InChI is InChI=1S/C26H21ClFN5/c1-16-22(17-6-4-3-5-7-17)25(27)32-20-9-8-19(24(28)23(16)20)26(29,18-10-12-30-13-11-18)21-14-31-15-33(21)2/h3-15H,29H2,1-2H3. The number of imidazole rings is 1. The van der Waals surface area contributed by atoms with Crippen LogP contribution in [-0.4, -0.2) is 19.5 Å². The molecule has 0 aliphatic heterocycles. The molecule has 0 spiro atoms. The second-order valence-electron chi connectivity index (χ2n) is 8.02. The number of fused-ring (bicyclic) bond motifs is 1. The molecule has 2 aromatic carbocycles. The van der Waals surface area contributed by atoms with Crippen molar-refractivity contribution in [1.82, 2.24) is 19.5 Å². The number of aryl methyl sites for hydroxylation is 2. The van der Waals surface area contributed by atoms with Crippen LogP contribution < -0.4 is 5.73 Å². The van der Waals surface area contributed by atoms with Crippen molar-refractivity contribution in [2.45, 2.75) is 12.5 Å². The fourth-order valence-corrected chi connectivity index (χ4v) is 4.84. The summed E-state index contributed by atoms with van der Waals surface area (Å²) in [5, 5.41) is 0.722.